The van der Waals surface area contributed by atoms with Crippen molar-refractivity contribution in [3.8, 4) is 11.8 Å². The predicted octanol–water partition coefficient (Wildman–Crippen LogP) is 1.97. The molecule has 0 unspecified atom stereocenters. The van der Waals surface area contributed by atoms with Crippen LogP contribution >= 0.6 is 11.6 Å². The van der Waals surface area contributed by atoms with Crippen LogP contribution in [-0.4, -0.2) is 68.2 Å². The Hall–Kier alpha value is -2.23. The van der Waals surface area contributed by atoms with Crippen LogP contribution < -0.4 is 5.32 Å². The van der Waals surface area contributed by atoms with Crippen molar-refractivity contribution in [1.82, 2.24) is 15.1 Å². The number of ether oxygens (including phenoxy) is 1. The fourth-order valence-electron chi connectivity index (χ4n) is 2.57. The number of likely N-dealkylation sites (N-methyl/N-ethyl adjacent to an activating group) is 1. The molecule has 0 bridgehead atoms. The maximum absolute atomic E-state index is 11.9. The van der Waals surface area contributed by atoms with Crippen LogP contribution in [0, 0.1) is 11.8 Å². The highest BCUT2D eigenvalue weighted by molar-refractivity contribution is 6.30. The number of halogens is 1. The molecule has 2 rings (SSSR count). The molecular formula is C19H24ClN3O3. The number of rotatable bonds is 5. The molecule has 1 aromatic carbocycles. The van der Waals surface area contributed by atoms with Crippen LogP contribution in [0.5, 0.6) is 0 Å². The number of hydrogen-bond donors (Lipinski definition) is 1. The van der Waals surface area contributed by atoms with Gasteiger partial charge in [0.2, 0.25) is 0 Å². The Kier molecular flexibility index (Phi) is 8.26. The van der Waals surface area contributed by atoms with E-state index >= 15 is 0 Å². The molecule has 0 aromatic heterocycles. The summed E-state index contributed by atoms with van der Waals surface area (Å²) in [5, 5.41) is 3.11. The lowest BCUT2D eigenvalue weighted by molar-refractivity contribution is -0.123. The second kappa shape index (κ2) is 10.7. The Morgan fingerprint density at radius 2 is 2.04 bits per heavy atom. The lowest BCUT2D eigenvalue weighted by Crippen LogP contribution is -2.49. The van der Waals surface area contributed by atoms with Gasteiger partial charge in [0.15, 0.2) is 6.61 Å². The first-order valence-corrected chi connectivity index (χ1v) is 9.05. The average Bonchev–Trinajstić information content (AvgIpc) is 2.66. The van der Waals surface area contributed by atoms with Gasteiger partial charge in [-0.25, -0.2) is 4.79 Å². The van der Waals surface area contributed by atoms with E-state index in [1.165, 1.54) is 7.05 Å². The number of benzene rings is 1. The van der Waals surface area contributed by atoms with Gasteiger partial charge in [0.25, 0.3) is 5.91 Å². The van der Waals surface area contributed by atoms with Gasteiger partial charge in [-0.3, -0.25) is 9.69 Å². The number of carbonyl (C=O) groups excluding carboxylic acids is 2. The molecule has 0 saturated carbocycles. The molecule has 7 heteroatoms. The second-order valence-corrected chi connectivity index (χ2v) is 6.41. The highest BCUT2D eigenvalue weighted by atomic mass is 35.5. The van der Waals surface area contributed by atoms with Gasteiger partial charge in [-0.05, 0) is 31.2 Å². The molecule has 1 saturated heterocycles. The maximum atomic E-state index is 11.9. The lowest BCUT2D eigenvalue weighted by atomic mass is 10.2. The second-order valence-electron chi connectivity index (χ2n) is 5.97. The van der Waals surface area contributed by atoms with Crippen LogP contribution in [0.25, 0.3) is 0 Å². The summed E-state index contributed by atoms with van der Waals surface area (Å²) in [6.45, 7) is 3.54. The van der Waals surface area contributed by atoms with Crippen LogP contribution in [0.15, 0.2) is 24.3 Å². The molecule has 0 atom stereocenters. The van der Waals surface area contributed by atoms with Crippen molar-refractivity contribution >= 4 is 23.6 Å². The normalized spacial score (nSPS) is 14.3. The quantitative estimate of drug-likeness (QED) is 0.629. The van der Waals surface area contributed by atoms with Crippen molar-refractivity contribution < 1.29 is 14.3 Å². The first-order valence-electron chi connectivity index (χ1n) is 8.67. The van der Waals surface area contributed by atoms with Crippen LogP contribution in [0.1, 0.15) is 18.4 Å². The topological polar surface area (TPSA) is 61.9 Å². The fraction of sp³-hybridized carbons (Fsp3) is 0.474. The monoisotopic (exact) mass is 377 g/mol. The third kappa shape index (κ3) is 6.95. The Morgan fingerprint density at radius 1 is 1.27 bits per heavy atom. The molecule has 1 aliphatic rings. The Labute approximate surface area is 159 Å². The minimum atomic E-state index is -0.430. The predicted molar refractivity (Wildman–Crippen MR) is 101 cm³/mol. The summed E-state index contributed by atoms with van der Waals surface area (Å²) >= 11 is 5.93. The summed E-state index contributed by atoms with van der Waals surface area (Å²) in [7, 11) is 1.51. The zero-order valence-electron chi connectivity index (χ0n) is 15.0. The van der Waals surface area contributed by atoms with Crippen LogP contribution in [-0.2, 0) is 9.53 Å². The van der Waals surface area contributed by atoms with E-state index in [1.807, 2.05) is 24.3 Å². The molecule has 2 amide bonds. The summed E-state index contributed by atoms with van der Waals surface area (Å²) in [5.74, 6) is 5.98. The van der Waals surface area contributed by atoms with E-state index in [0.29, 0.717) is 18.1 Å². The molecule has 0 radical (unpaired) electrons. The smallest absolute Gasteiger partial charge is 0.410 e. The Morgan fingerprint density at radius 3 is 2.73 bits per heavy atom. The first kappa shape index (κ1) is 20.1. The lowest BCUT2D eigenvalue weighted by Gasteiger charge is -2.33. The molecule has 1 heterocycles. The minimum Gasteiger partial charge on any atom is -0.439 e. The molecular weight excluding hydrogens is 354 g/mol. The number of carbonyl (C=O) groups is 2. The summed E-state index contributed by atoms with van der Waals surface area (Å²) in [5.41, 5.74) is 0.932. The standard InChI is InChI=1S/C19H24ClN3O3/c1-21-18(24)15-26-19(25)23-12-10-22(11-13-23)9-4-2-3-6-16-7-5-8-17(20)14-16/h5,7-8,14H,2,4,9-13,15H2,1H3,(H,21,24). The van der Waals surface area contributed by atoms with Crippen LogP contribution in [0.2, 0.25) is 5.02 Å². The van der Waals surface area contributed by atoms with Gasteiger partial charge in [-0.1, -0.05) is 29.5 Å². The fourth-order valence-corrected chi connectivity index (χ4v) is 2.76. The maximum Gasteiger partial charge on any atom is 0.410 e. The number of hydrogen-bond acceptors (Lipinski definition) is 4. The molecule has 140 valence electrons. The van der Waals surface area contributed by atoms with Crippen molar-refractivity contribution in [3.63, 3.8) is 0 Å². The molecule has 1 fully saturated rings. The van der Waals surface area contributed by atoms with Gasteiger partial charge in [-0.2, -0.15) is 0 Å². The van der Waals surface area contributed by atoms with Gasteiger partial charge in [0, 0.05) is 50.2 Å². The SMILES string of the molecule is CNC(=O)COC(=O)N1CCN(CCCC#Cc2cccc(Cl)c2)CC1. The third-order valence-corrected chi connectivity index (χ3v) is 4.30. The number of unbranched alkanes of at least 4 members (excludes halogenated alkanes) is 1. The zero-order chi connectivity index (χ0) is 18.8. The molecule has 0 aliphatic carbocycles. The van der Waals surface area contributed by atoms with E-state index in [2.05, 4.69) is 22.1 Å². The van der Waals surface area contributed by atoms with Crippen molar-refractivity contribution in [3.05, 3.63) is 34.9 Å². The van der Waals surface area contributed by atoms with Gasteiger partial charge >= 0.3 is 6.09 Å². The molecule has 6 nitrogen and oxygen atoms in total. The summed E-state index contributed by atoms with van der Waals surface area (Å²) in [6.07, 6.45) is 1.37. The number of amides is 2. The molecule has 1 aromatic rings. The van der Waals surface area contributed by atoms with E-state index in [0.717, 1.165) is 38.0 Å². The molecule has 1 N–H and O–H groups in total. The highest BCUT2D eigenvalue weighted by Gasteiger charge is 2.22. The third-order valence-electron chi connectivity index (χ3n) is 4.07. The van der Waals surface area contributed by atoms with Crippen molar-refractivity contribution in [2.45, 2.75) is 12.8 Å². The van der Waals surface area contributed by atoms with E-state index in [4.69, 9.17) is 16.3 Å². The summed E-state index contributed by atoms with van der Waals surface area (Å²) in [4.78, 5) is 26.9. The number of nitrogens with one attached hydrogen (secondary N) is 1. The van der Waals surface area contributed by atoms with E-state index in [1.54, 1.807) is 4.90 Å². The highest BCUT2D eigenvalue weighted by Crippen LogP contribution is 2.09. The Bertz CT molecular complexity index is 676. The summed E-state index contributed by atoms with van der Waals surface area (Å²) in [6, 6.07) is 7.53. The van der Waals surface area contributed by atoms with E-state index in [9.17, 15) is 9.59 Å². The van der Waals surface area contributed by atoms with Crippen LogP contribution in [0.4, 0.5) is 4.79 Å². The minimum absolute atomic E-state index is 0.235. The number of piperazine rings is 1. The van der Waals surface area contributed by atoms with E-state index < -0.39 is 6.09 Å². The van der Waals surface area contributed by atoms with Crippen molar-refractivity contribution in [2.75, 3.05) is 46.4 Å². The molecule has 0 spiro atoms. The number of nitrogens with zero attached hydrogens (tertiary/aromatic N) is 2. The van der Waals surface area contributed by atoms with Crippen molar-refractivity contribution in [2.24, 2.45) is 0 Å². The molecule has 1 aliphatic heterocycles. The molecule has 26 heavy (non-hydrogen) atoms. The van der Waals surface area contributed by atoms with Gasteiger partial charge in [0.05, 0.1) is 0 Å². The average molecular weight is 378 g/mol. The van der Waals surface area contributed by atoms with Crippen molar-refractivity contribution in [1.29, 1.82) is 0 Å². The van der Waals surface area contributed by atoms with Gasteiger partial charge < -0.3 is 15.0 Å². The zero-order valence-corrected chi connectivity index (χ0v) is 15.7. The summed E-state index contributed by atoms with van der Waals surface area (Å²) < 4.78 is 4.96. The van der Waals surface area contributed by atoms with Crippen LogP contribution in [0.3, 0.4) is 0 Å². The Balaban J connectivity index is 1.62. The van der Waals surface area contributed by atoms with Gasteiger partial charge in [0.1, 0.15) is 0 Å². The van der Waals surface area contributed by atoms with Gasteiger partial charge in [-0.15, -0.1) is 0 Å². The largest absolute Gasteiger partial charge is 0.439 e. The van der Waals surface area contributed by atoms with E-state index in [-0.39, 0.29) is 12.5 Å². The first-order chi connectivity index (χ1) is 12.6.